The Morgan fingerprint density at radius 2 is 1.56 bits per heavy atom. The SMILES string of the molecule is CCCCCCC[C@H]1CC[C@H](CO[C@H]2CC[C@H](C=CC#N)CC2)CC1. The van der Waals surface area contributed by atoms with E-state index in [2.05, 4.69) is 19.1 Å². The summed E-state index contributed by atoms with van der Waals surface area (Å²) in [5.74, 6) is 2.42. The predicted octanol–water partition coefficient (Wildman–Crippen LogP) is 6.81. The highest BCUT2D eigenvalue weighted by molar-refractivity contribution is 5.04. The number of unbranched alkanes of at least 4 members (excludes halogenated alkanes) is 4. The lowest BCUT2D eigenvalue weighted by atomic mass is 9.80. The molecule has 0 heterocycles. The zero-order valence-corrected chi connectivity index (χ0v) is 16.4. The van der Waals surface area contributed by atoms with Crippen molar-refractivity contribution in [3.05, 3.63) is 12.2 Å². The molecule has 0 atom stereocenters. The first-order chi connectivity index (χ1) is 12.3. The zero-order chi connectivity index (χ0) is 17.7. The van der Waals surface area contributed by atoms with E-state index in [1.54, 1.807) is 6.08 Å². The van der Waals surface area contributed by atoms with E-state index >= 15 is 0 Å². The van der Waals surface area contributed by atoms with E-state index in [1.165, 1.54) is 89.9 Å². The molecule has 0 aliphatic heterocycles. The van der Waals surface area contributed by atoms with Gasteiger partial charge in [0.2, 0.25) is 0 Å². The number of hydrogen-bond donors (Lipinski definition) is 0. The van der Waals surface area contributed by atoms with Gasteiger partial charge in [0.05, 0.1) is 12.2 Å². The van der Waals surface area contributed by atoms with Crippen molar-refractivity contribution in [1.29, 1.82) is 5.26 Å². The van der Waals surface area contributed by atoms with Crippen LogP contribution < -0.4 is 0 Å². The number of nitrogens with zero attached hydrogens (tertiary/aromatic N) is 1. The van der Waals surface area contributed by atoms with Crippen molar-refractivity contribution in [2.24, 2.45) is 17.8 Å². The van der Waals surface area contributed by atoms with Gasteiger partial charge in [0.15, 0.2) is 0 Å². The maximum atomic E-state index is 8.62. The van der Waals surface area contributed by atoms with Gasteiger partial charge in [-0.15, -0.1) is 0 Å². The summed E-state index contributed by atoms with van der Waals surface area (Å²) in [7, 11) is 0. The molecule has 2 nitrogen and oxygen atoms in total. The Kier molecular flexibility index (Phi) is 10.3. The van der Waals surface area contributed by atoms with Gasteiger partial charge in [0.25, 0.3) is 0 Å². The average molecular weight is 346 g/mol. The van der Waals surface area contributed by atoms with Gasteiger partial charge in [-0.1, -0.05) is 64.4 Å². The third kappa shape index (κ3) is 8.41. The van der Waals surface area contributed by atoms with Crippen LogP contribution in [0, 0.1) is 29.1 Å². The Labute approximate surface area is 156 Å². The molecule has 0 unspecified atom stereocenters. The van der Waals surface area contributed by atoms with Crippen LogP contribution in [-0.2, 0) is 4.74 Å². The first-order valence-corrected chi connectivity index (χ1v) is 11.0. The summed E-state index contributed by atoms with van der Waals surface area (Å²) in [6.07, 6.45) is 23.2. The van der Waals surface area contributed by atoms with Crippen LogP contribution in [0.3, 0.4) is 0 Å². The Morgan fingerprint density at radius 3 is 2.24 bits per heavy atom. The molecule has 0 radical (unpaired) electrons. The lowest BCUT2D eigenvalue weighted by molar-refractivity contribution is -0.00663. The molecular formula is C23H39NO. The second-order valence-corrected chi connectivity index (χ2v) is 8.45. The molecule has 2 aliphatic rings. The van der Waals surface area contributed by atoms with Gasteiger partial charge in [-0.2, -0.15) is 5.26 Å². The quantitative estimate of drug-likeness (QED) is 0.322. The Balaban J connectivity index is 1.50. The summed E-state index contributed by atoms with van der Waals surface area (Å²) in [6, 6.07) is 2.11. The molecule has 0 spiro atoms. The van der Waals surface area contributed by atoms with Gasteiger partial charge in [0, 0.05) is 12.7 Å². The average Bonchev–Trinajstić information content (AvgIpc) is 2.66. The number of ether oxygens (including phenoxy) is 1. The van der Waals surface area contributed by atoms with Gasteiger partial charge < -0.3 is 4.74 Å². The summed E-state index contributed by atoms with van der Waals surface area (Å²) in [5.41, 5.74) is 0. The van der Waals surface area contributed by atoms with Crippen molar-refractivity contribution in [3.63, 3.8) is 0 Å². The molecule has 2 rings (SSSR count). The minimum Gasteiger partial charge on any atom is -0.378 e. The van der Waals surface area contributed by atoms with Crippen molar-refractivity contribution in [1.82, 2.24) is 0 Å². The van der Waals surface area contributed by atoms with Crippen LogP contribution in [0.25, 0.3) is 0 Å². The fourth-order valence-corrected chi connectivity index (χ4v) is 4.62. The minimum absolute atomic E-state index is 0.475. The smallest absolute Gasteiger partial charge is 0.0908 e. The number of nitriles is 1. The molecular weight excluding hydrogens is 306 g/mol. The Hall–Kier alpha value is -0.810. The van der Waals surface area contributed by atoms with Gasteiger partial charge in [-0.25, -0.2) is 0 Å². The first-order valence-electron chi connectivity index (χ1n) is 11.0. The van der Waals surface area contributed by atoms with Crippen LogP contribution in [0.1, 0.15) is 96.8 Å². The molecule has 0 saturated heterocycles. The van der Waals surface area contributed by atoms with E-state index in [1.807, 2.05) is 0 Å². The largest absolute Gasteiger partial charge is 0.378 e. The standard InChI is InChI=1S/C23H39NO/c1-2-3-4-5-6-8-20-10-12-22(13-11-20)19-25-23-16-14-21(15-17-23)9-7-18-24/h7,9,20-23H,2-6,8,10-17,19H2,1H3/t20-,21-,22-,23-. The monoisotopic (exact) mass is 345 g/mol. The molecule has 0 bridgehead atoms. The van der Waals surface area contributed by atoms with E-state index in [9.17, 15) is 0 Å². The number of allylic oxidation sites excluding steroid dienone is 2. The van der Waals surface area contributed by atoms with Gasteiger partial charge in [-0.3, -0.25) is 0 Å². The predicted molar refractivity (Wildman–Crippen MR) is 105 cm³/mol. The third-order valence-electron chi connectivity index (χ3n) is 6.41. The topological polar surface area (TPSA) is 33.0 Å². The summed E-state index contributed by atoms with van der Waals surface area (Å²) in [6.45, 7) is 3.29. The Morgan fingerprint density at radius 1 is 0.880 bits per heavy atom. The van der Waals surface area contributed by atoms with Gasteiger partial charge >= 0.3 is 0 Å². The van der Waals surface area contributed by atoms with Gasteiger partial charge in [0.1, 0.15) is 0 Å². The molecule has 2 aliphatic carbocycles. The number of rotatable bonds is 10. The summed E-state index contributed by atoms with van der Waals surface area (Å²) >= 11 is 0. The highest BCUT2D eigenvalue weighted by atomic mass is 16.5. The fourth-order valence-electron chi connectivity index (χ4n) is 4.62. The highest BCUT2D eigenvalue weighted by Crippen LogP contribution is 2.33. The number of hydrogen-bond acceptors (Lipinski definition) is 2. The van der Waals surface area contributed by atoms with Crippen LogP contribution in [0.2, 0.25) is 0 Å². The molecule has 25 heavy (non-hydrogen) atoms. The second-order valence-electron chi connectivity index (χ2n) is 8.45. The molecule has 0 aromatic heterocycles. The molecule has 0 amide bonds. The van der Waals surface area contributed by atoms with Crippen molar-refractivity contribution < 1.29 is 4.74 Å². The zero-order valence-electron chi connectivity index (χ0n) is 16.4. The maximum Gasteiger partial charge on any atom is 0.0908 e. The van der Waals surface area contributed by atoms with Crippen LogP contribution in [0.4, 0.5) is 0 Å². The molecule has 0 aromatic carbocycles. The van der Waals surface area contributed by atoms with Crippen LogP contribution in [-0.4, -0.2) is 12.7 Å². The van der Waals surface area contributed by atoms with Crippen molar-refractivity contribution >= 4 is 0 Å². The molecule has 142 valence electrons. The summed E-state index contributed by atoms with van der Waals surface area (Å²) < 4.78 is 6.25. The molecule has 0 aromatic rings. The molecule has 0 N–H and O–H groups in total. The van der Waals surface area contributed by atoms with Crippen molar-refractivity contribution in [2.75, 3.05) is 6.61 Å². The first kappa shape index (κ1) is 20.5. The van der Waals surface area contributed by atoms with E-state index in [0.29, 0.717) is 12.0 Å². The lowest BCUT2D eigenvalue weighted by Gasteiger charge is -2.31. The fraction of sp³-hybridized carbons (Fsp3) is 0.870. The molecule has 2 fully saturated rings. The molecule has 2 saturated carbocycles. The van der Waals surface area contributed by atoms with Crippen LogP contribution in [0.5, 0.6) is 0 Å². The van der Waals surface area contributed by atoms with Gasteiger partial charge in [-0.05, 0) is 56.3 Å². The van der Waals surface area contributed by atoms with E-state index in [-0.39, 0.29) is 0 Å². The van der Waals surface area contributed by atoms with Crippen LogP contribution in [0.15, 0.2) is 12.2 Å². The van der Waals surface area contributed by atoms with Crippen LogP contribution >= 0.6 is 0 Å². The minimum atomic E-state index is 0.475. The summed E-state index contributed by atoms with van der Waals surface area (Å²) in [5, 5.41) is 8.62. The lowest BCUT2D eigenvalue weighted by Crippen LogP contribution is -2.25. The van der Waals surface area contributed by atoms with E-state index < -0.39 is 0 Å². The Bertz CT molecular complexity index is 395. The summed E-state index contributed by atoms with van der Waals surface area (Å²) in [4.78, 5) is 0. The van der Waals surface area contributed by atoms with E-state index in [0.717, 1.165) is 18.4 Å². The van der Waals surface area contributed by atoms with E-state index in [4.69, 9.17) is 10.00 Å². The normalized spacial score (nSPS) is 30.4. The molecule has 2 heteroatoms. The third-order valence-corrected chi connectivity index (χ3v) is 6.41. The second kappa shape index (κ2) is 12.5. The van der Waals surface area contributed by atoms with Crippen molar-refractivity contribution in [2.45, 2.75) is 103 Å². The highest BCUT2D eigenvalue weighted by Gasteiger charge is 2.24. The maximum absolute atomic E-state index is 8.62. The van der Waals surface area contributed by atoms with Crippen molar-refractivity contribution in [3.8, 4) is 6.07 Å².